The third-order valence-electron chi connectivity index (χ3n) is 11.6. The number of carbonyl (C=O) groups excluding carboxylic acids is 2. The van der Waals surface area contributed by atoms with Crippen molar-refractivity contribution in [1.82, 2.24) is 19.6 Å². The summed E-state index contributed by atoms with van der Waals surface area (Å²) < 4.78 is 16.4. The number of halogens is 2. The van der Waals surface area contributed by atoms with Gasteiger partial charge in [-0.15, -0.1) is 0 Å². The number of piperazine rings is 1. The summed E-state index contributed by atoms with van der Waals surface area (Å²) in [6.45, 7) is 11.0. The fourth-order valence-electron chi connectivity index (χ4n) is 8.12. The van der Waals surface area contributed by atoms with Crippen LogP contribution in [0.2, 0.25) is 10.0 Å². The van der Waals surface area contributed by atoms with Crippen molar-refractivity contribution in [2.75, 3.05) is 93.4 Å². The van der Waals surface area contributed by atoms with Crippen LogP contribution >= 0.6 is 23.2 Å². The Bertz CT molecular complexity index is 1650. The number of amides is 2. The highest BCUT2D eigenvalue weighted by Gasteiger charge is 2.46. The van der Waals surface area contributed by atoms with Crippen LogP contribution in [0, 0.1) is 5.41 Å². The van der Waals surface area contributed by atoms with Gasteiger partial charge in [-0.25, -0.2) is 0 Å². The van der Waals surface area contributed by atoms with E-state index in [1.165, 1.54) is 0 Å². The van der Waals surface area contributed by atoms with Gasteiger partial charge in [0.25, 0.3) is 5.91 Å². The van der Waals surface area contributed by atoms with Crippen LogP contribution in [-0.2, 0) is 10.2 Å². The molecule has 0 unspecified atom stereocenters. The second kappa shape index (κ2) is 20.1. The van der Waals surface area contributed by atoms with E-state index in [4.69, 9.17) is 42.5 Å². The number of nitrogens with zero attached hydrogens (tertiary/aromatic N) is 4. The first kappa shape index (κ1) is 42.6. The molecule has 3 aliphatic rings. The molecule has 3 saturated heterocycles. The third-order valence-corrected chi connectivity index (χ3v) is 12.4. The van der Waals surface area contributed by atoms with Crippen LogP contribution < -0.4 is 14.2 Å². The molecule has 300 valence electrons. The molecule has 3 aromatic carbocycles. The van der Waals surface area contributed by atoms with Gasteiger partial charge in [-0.1, -0.05) is 72.6 Å². The maximum atomic E-state index is 14.3. The Labute approximate surface area is 337 Å². The van der Waals surface area contributed by atoms with Crippen LogP contribution in [0.1, 0.15) is 61.4 Å². The van der Waals surface area contributed by atoms with Gasteiger partial charge in [-0.2, -0.15) is 0 Å². The molecule has 10 nitrogen and oxygen atoms in total. The topological polar surface area (TPSA) is 95.0 Å². The summed E-state index contributed by atoms with van der Waals surface area (Å²) in [5, 5.41) is 10.3. The summed E-state index contributed by atoms with van der Waals surface area (Å²) in [6, 6.07) is 21.1. The molecular weight excluding hydrogens is 739 g/mol. The van der Waals surface area contributed by atoms with Gasteiger partial charge in [-0.3, -0.25) is 14.5 Å². The minimum Gasteiger partial charge on any atom is -0.493 e. The van der Waals surface area contributed by atoms with Gasteiger partial charge in [0.1, 0.15) is 0 Å². The van der Waals surface area contributed by atoms with Crippen LogP contribution in [0.3, 0.4) is 0 Å². The van der Waals surface area contributed by atoms with Gasteiger partial charge in [0.2, 0.25) is 11.7 Å². The van der Waals surface area contributed by atoms with Crippen LogP contribution in [0.15, 0.2) is 66.7 Å². The number of unbranched alkanes of at least 4 members (excludes halogenated alkanes) is 1. The molecule has 0 radical (unpaired) electrons. The van der Waals surface area contributed by atoms with E-state index in [1.54, 1.807) is 45.6 Å². The number of benzene rings is 3. The van der Waals surface area contributed by atoms with Crippen molar-refractivity contribution in [3.8, 4) is 17.2 Å². The molecule has 1 N–H and O–H groups in total. The Morgan fingerprint density at radius 1 is 0.709 bits per heavy atom. The normalized spacial score (nSPS) is 20.1. The number of hydrogen-bond donors (Lipinski definition) is 1. The lowest BCUT2D eigenvalue weighted by Gasteiger charge is -2.46. The van der Waals surface area contributed by atoms with Crippen LogP contribution in [0.4, 0.5) is 0 Å². The average Bonchev–Trinajstić information content (AvgIpc) is 3.63. The zero-order valence-electron chi connectivity index (χ0n) is 32.9. The summed E-state index contributed by atoms with van der Waals surface area (Å²) in [5.41, 5.74) is 1.21. The fourth-order valence-corrected chi connectivity index (χ4v) is 8.39. The van der Waals surface area contributed by atoms with Crippen LogP contribution in [0.5, 0.6) is 17.2 Å². The lowest BCUT2D eigenvalue weighted by molar-refractivity contribution is -0.141. The molecule has 3 fully saturated rings. The number of carbonyl (C=O) groups is 2. The quantitative estimate of drug-likeness (QED) is 0.187. The first-order valence-electron chi connectivity index (χ1n) is 19.5. The van der Waals surface area contributed by atoms with Gasteiger partial charge in [0, 0.05) is 51.4 Å². The zero-order valence-corrected chi connectivity index (χ0v) is 34.4. The highest BCUT2D eigenvalue weighted by atomic mass is 35.5. The summed E-state index contributed by atoms with van der Waals surface area (Å²) in [7, 11) is 4.67. The number of likely N-dealkylation sites (tertiary alicyclic amines) is 2. The molecule has 2 amide bonds. The van der Waals surface area contributed by atoms with Gasteiger partial charge < -0.3 is 34.0 Å². The maximum absolute atomic E-state index is 14.3. The predicted octanol–water partition coefficient (Wildman–Crippen LogP) is 6.90. The number of ether oxygens (including phenoxy) is 3. The number of aliphatic hydroxyl groups is 1. The Balaban J connectivity index is 0.000000644. The molecule has 3 heterocycles. The minimum absolute atomic E-state index is 0.0247. The smallest absolute Gasteiger partial charge is 0.254 e. The maximum Gasteiger partial charge on any atom is 0.254 e. The first-order valence-corrected chi connectivity index (χ1v) is 20.2. The zero-order chi connectivity index (χ0) is 39.4. The van der Waals surface area contributed by atoms with Crippen molar-refractivity contribution in [3.05, 3.63) is 87.9 Å². The molecule has 0 bridgehead atoms. The van der Waals surface area contributed by atoms with Crippen molar-refractivity contribution in [2.24, 2.45) is 5.41 Å². The third kappa shape index (κ3) is 10.7. The molecule has 0 aliphatic carbocycles. The number of aliphatic hydroxyl groups excluding tert-OH is 1. The Hall–Kier alpha value is -3.54. The van der Waals surface area contributed by atoms with Gasteiger partial charge in [0.05, 0.1) is 36.8 Å². The van der Waals surface area contributed by atoms with E-state index in [9.17, 15) is 9.59 Å². The second-order valence-corrected chi connectivity index (χ2v) is 16.0. The Kier molecular flexibility index (Phi) is 15.5. The van der Waals surface area contributed by atoms with Crippen molar-refractivity contribution in [1.29, 1.82) is 0 Å². The van der Waals surface area contributed by atoms with E-state index >= 15 is 0 Å². The molecule has 12 heteroatoms. The van der Waals surface area contributed by atoms with Crippen LogP contribution in [-0.4, -0.2) is 130 Å². The van der Waals surface area contributed by atoms with E-state index < -0.39 is 5.41 Å². The standard InChI is InChI=1S/C37H54N4O6.C6H4Cl2/c1-36(13-20-41(28-36)34(43)29-26-31(45-2)33(47-4)32(27-29)46-3)12-17-39-18-14-37(15-19-39,30-10-6-5-7-11-30)35(44)40-23-21-38(22-24-40)16-8-9-25-42;7-5-3-1-2-4-6(5)8/h5-7,10-11,26-27,42H,8-9,12-25,28H2,1-4H3;1-4H/t36-;/m1./s1. The second-order valence-electron chi connectivity index (χ2n) is 15.2. The summed E-state index contributed by atoms with van der Waals surface area (Å²) in [5.74, 6) is 1.68. The molecule has 1 atom stereocenters. The van der Waals surface area contributed by atoms with E-state index in [-0.39, 0.29) is 23.8 Å². The van der Waals surface area contributed by atoms with Crippen molar-refractivity contribution in [3.63, 3.8) is 0 Å². The summed E-state index contributed by atoms with van der Waals surface area (Å²) in [4.78, 5) is 36.8. The van der Waals surface area contributed by atoms with Crippen molar-refractivity contribution < 1.29 is 28.9 Å². The minimum atomic E-state index is -0.488. The van der Waals surface area contributed by atoms with E-state index in [0.29, 0.717) is 45.9 Å². The molecule has 0 saturated carbocycles. The number of rotatable bonds is 13. The van der Waals surface area contributed by atoms with E-state index in [2.05, 4.69) is 45.9 Å². The van der Waals surface area contributed by atoms with Crippen molar-refractivity contribution >= 4 is 35.0 Å². The summed E-state index contributed by atoms with van der Waals surface area (Å²) in [6.07, 6.45) is 5.40. The van der Waals surface area contributed by atoms with E-state index in [0.717, 1.165) is 96.4 Å². The monoisotopic (exact) mass is 796 g/mol. The average molecular weight is 798 g/mol. The Morgan fingerprint density at radius 2 is 1.29 bits per heavy atom. The van der Waals surface area contributed by atoms with Crippen LogP contribution in [0.25, 0.3) is 0 Å². The largest absolute Gasteiger partial charge is 0.493 e. The molecular formula is C43H58Cl2N4O6. The highest BCUT2D eigenvalue weighted by Crippen LogP contribution is 2.41. The number of piperidine rings is 1. The molecule has 0 spiro atoms. The fraction of sp³-hybridized carbons (Fsp3) is 0.535. The first-order chi connectivity index (χ1) is 26.6. The molecule has 6 rings (SSSR count). The van der Waals surface area contributed by atoms with Crippen molar-refractivity contribution in [2.45, 2.75) is 50.9 Å². The molecule has 0 aromatic heterocycles. The van der Waals surface area contributed by atoms with Gasteiger partial charge in [0.15, 0.2) is 11.5 Å². The lowest BCUT2D eigenvalue weighted by atomic mass is 9.71. The van der Waals surface area contributed by atoms with Gasteiger partial charge >= 0.3 is 0 Å². The predicted molar refractivity (Wildman–Crippen MR) is 219 cm³/mol. The summed E-state index contributed by atoms with van der Waals surface area (Å²) >= 11 is 11.2. The number of methoxy groups -OCH3 is 3. The Morgan fingerprint density at radius 3 is 1.84 bits per heavy atom. The lowest BCUT2D eigenvalue weighted by Crippen LogP contribution is -2.57. The van der Waals surface area contributed by atoms with E-state index in [1.807, 2.05) is 23.1 Å². The SMILES string of the molecule is COc1cc(C(=O)N2CC[C@@](C)(CCN3CCC(C(=O)N4CCN(CCCCO)CC4)(c4ccccc4)CC3)C2)cc(OC)c1OC.Clc1ccccc1Cl. The molecule has 3 aliphatic heterocycles. The molecule has 55 heavy (non-hydrogen) atoms. The number of hydrogen-bond acceptors (Lipinski definition) is 8. The van der Waals surface area contributed by atoms with Gasteiger partial charge in [-0.05, 0) is 99.9 Å². The highest BCUT2D eigenvalue weighted by molar-refractivity contribution is 6.41. The molecule has 3 aromatic rings.